The van der Waals surface area contributed by atoms with E-state index in [1.807, 2.05) is 0 Å². The SMILES string of the molecule is O=C(NC1(c2cccc(F)c2)N=Cc2cnn(-c3cccc(Cl)c3)c2N1)c1ccc([N+](=O)[O-])s1. The second-order valence-corrected chi connectivity index (χ2v) is 8.79. The first kappa shape index (κ1) is 21.7. The molecule has 12 heteroatoms. The fourth-order valence-electron chi connectivity index (χ4n) is 3.52. The average molecular weight is 497 g/mol. The Labute approximate surface area is 200 Å². The molecule has 5 rings (SSSR count). The summed E-state index contributed by atoms with van der Waals surface area (Å²) in [6.45, 7) is 0. The summed E-state index contributed by atoms with van der Waals surface area (Å²) in [6, 6.07) is 15.2. The second-order valence-electron chi connectivity index (χ2n) is 7.29. The Balaban J connectivity index is 1.58. The maximum Gasteiger partial charge on any atom is 0.324 e. The Morgan fingerprint density at radius 2 is 2.03 bits per heavy atom. The molecule has 2 aromatic heterocycles. The molecule has 2 N–H and O–H groups in total. The maximum absolute atomic E-state index is 14.2. The number of aliphatic imine (C=N–C) groups is 1. The molecular weight excluding hydrogens is 483 g/mol. The van der Waals surface area contributed by atoms with Crippen molar-refractivity contribution < 1.29 is 14.1 Å². The number of carbonyl (C=O) groups excluding carboxylic acids is 1. The molecule has 2 aromatic carbocycles. The largest absolute Gasteiger partial charge is 0.324 e. The summed E-state index contributed by atoms with van der Waals surface area (Å²) >= 11 is 6.87. The number of aromatic nitrogens is 2. The van der Waals surface area contributed by atoms with Crippen molar-refractivity contribution in [2.45, 2.75) is 5.79 Å². The molecule has 1 unspecified atom stereocenters. The Hall–Kier alpha value is -4.09. The van der Waals surface area contributed by atoms with Crippen molar-refractivity contribution in [3.63, 3.8) is 0 Å². The maximum atomic E-state index is 14.2. The second kappa shape index (κ2) is 8.36. The zero-order valence-electron chi connectivity index (χ0n) is 17.1. The third-order valence-corrected chi connectivity index (χ3v) is 6.35. The number of benzene rings is 2. The van der Waals surface area contributed by atoms with E-state index in [0.717, 1.165) is 11.3 Å². The van der Waals surface area contributed by atoms with Crippen LogP contribution in [0.4, 0.5) is 15.2 Å². The first-order valence-corrected chi connectivity index (χ1v) is 11.0. The zero-order valence-corrected chi connectivity index (χ0v) is 18.7. The monoisotopic (exact) mass is 496 g/mol. The fraction of sp³-hybridized carbons (Fsp3) is 0.0455. The molecule has 4 aromatic rings. The van der Waals surface area contributed by atoms with Crippen LogP contribution in [0.2, 0.25) is 5.02 Å². The third-order valence-electron chi connectivity index (χ3n) is 5.08. The first-order valence-electron chi connectivity index (χ1n) is 9.85. The summed E-state index contributed by atoms with van der Waals surface area (Å²) in [4.78, 5) is 28.2. The Kier molecular flexibility index (Phi) is 5.34. The first-order chi connectivity index (χ1) is 16.3. The van der Waals surface area contributed by atoms with Gasteiger partial charge >= 0.3 is 5.00 Å². The minimum Gasteiger partial charge on any atom is -0.324 e. The van der Waals surface area contributed by atoms with Crippen LogP contribution in [0.5, 0.6) is 0 Å². The number of hydrogen-bond acceptors (Lipinski definition) is 7. The highest BCUT2D eigenvalue weighted by molar-refractivity contribution is 7.17. The van der Waals surface area contributed by atoms with Crippen molar-refractivity contribution in [1.82, 2.24) is 15.1 Å². The van der Waals surface area contributed by atoms with Crippen molar-refractivity contribution in [2.24, 2.45) is 4.99 Å². The van der Waals surface area contributed by atoms with Crippen molar-refractivity contribution in [3.8, 4) is 5.69 Å². The molecule has 0 saturated carbocycles. The number of carbonyl (C=O) groups is 1. The van der Waals surface area contributed by atoms with E-state index in [0.29, 0.717) is 27.7 Å². The predicted molar refractivity (Wildman–Crippen MR) is 126 cm³/mol. The molecule has 0 bridgehead atoms. The van der Waals surface area contributed by atoms with Crippen LogP contribution in [0.15, 0.2) is 71.9 Å². The molecule has 1 amide bonds. The standard InChI is InChI=1S/C22H14ClFN6O3S/c23-15-4-2-6-17(10-15)29-20-13(12-26-29)11-25-22(27-20,14-3-1-5-16(24)9-14)28-21(31)18-7-8-19(34-18)30(32)33/h1-12,27H,(H,28,31). The number of nitrogens with one attached hydrogen (secondary N) is 2. The van der Waals surface area contributed by atoms with Crippen LogP contribution in [-0.2, 0) is 5.79 Å². The average Bonchev–Trinajstić information content (AvgIpc) is 3.47. The van der Waals surface area contributed by atoms with Crippen LogP contribution in [0, 0.1) is 15.9 Å². The molecule has 0 fully saturated rings. The van der Waals surface area contributed by atoms with E-state index in [9.17, 15) is 19.3 Å². The molecule has 3 heterocycles. The van der Waals surface area contributed by atoms with E-state index >= 15 is 0 Å². The molecule has 1 atom stereocenters. The van der Waals surface area contributed by atoms with Gasteiger partial charge < -0.3 is 10.6 Å². The van der Waals surface area contributed by atoms with Crippen LogP contribution in [0.3, 0.4) is 0 Å². The van der Waals surface area contributed by atoms with E-state index in [4.69, 9.17) is 11.6 Å². The van der Waals surface area contributed by atoms with Gasteiger partial charge in [0.25, 0.3) is 5.91 Å². The highest BCUT2D eigenvalue weighted by Gasteiger charge is 2.38. The smallest absolute Gasteiger partial charge is 0.324 e. The Bertz CT molecular complexity index is 1470. The minimum atomic E-state index is -1.61. The normalized spacial score (nSPS) is 16.5. The van der Waals surface area contributed by atoms with E-state index < -0.39 is 22.4 Å². The van der Waals surface area contributed by atoms with Crippen molar-refractivity contribution >= 4 is 45.9 Å². The summed E-state index contributed by atoms with van der Waals surface area (Å²) in [6.07, 6.45) is 3.11. The van der Waals surface area contributed by atoms with Gasteiger partial charge in [-0.1, -0.05) is 41.1 Å². The van der Waals surface area contributed by atoms with Gasteiger partial charge in [0, 0.05) is 22.9 Å². The van der Waals surface area contributed by atoms with Gasteiger partial charge in [-0.3, -0.25) is 14.9 Å². The van der Waals surface area contributed by atoms with Crippen molar-refractivity contribution in [2.75, 3.05) is 5.32 Å². The van der Waals surface area contributed by atoms with E-state index in [1.54, 1.807) is 41.2 Å². The van der Waals surface area contributed by atoms with Gasteiger partial charge in [-0.05, 0) is 36.4 Å². The number of fused-ring (bicyclic) bond motifs is 1. The number of thiophene rings is 1. The quantitative estimate of drug-likeness (QED) is 0.306. The summed E-state index contributed by atoms with van der Waals surface area (Å²) in [5, 5.41) is 21.7. The van der Waals surface area contributed by atoms with Crippen LogP contribution >= 0.6 is 22.9 Å². The van der Waals surface area contributed by atoms with Crippen LogP contribution < -0.4 is 10.6 Å². The Morgan fingerprint density at radius 3 is 2.76 bits per heavy atom. The van der Waals surface area contributed by atoms with Gasteiger partial charge in [0.1, 0.15) is 11.6 Å². The van der Waals surface area contributed by atoms with Gasteiger partial charge in [-0.2, -0.15) is 5.10 Å². The number of anilines is 1. The van der Waals surface area contributed by atoms with Crippen LogP contribution in [-0.4, -0.2) is 26.8 Å². The highest BCUT2D eigenvalue weighted by atomic mass is 35.5. The lowest BCUT2D eigenvalue weighted by Gasteiger charge is -2.35. The van der Waals surface area contributed by atoms with Crippen LogP contribution in [0.1, 0.15) is 20.8 Å². The lowest BCUT2D eigenvalue weighted by atomic mass is 10.1. The summed E-state index contributed by atoms with van der Waals surface area (Å²) < 4.78 is 15.8. The summed E-state index contributed by atoms with van der Waals surface area (Å²) in [5.74, 6) is -2.27. The van der Waals surface area contributed by atoms with Gasteiger partial charge in [-0.25, -0.2) is 14.1 Å². The lowest BCUT2D eigenvalue weighted by Crippen LogP contribution is -2.52. The number of hydrogen-bond donors (Lipinski definition) is 2. The molecule has 1 aliphatic heterocycles. The molecule has 9 nitrogen and oxygen atoms in total. The summed E-state index contributed by atoms with van der Waals surface area (Å²) in [7, 11) is 0. The van der Waals surface area contributed by atoms with Crippen molar-refractivity contribution in [3.05, 3.63) is 104 Å². The predicted octanol–water partition coefficient (Wildman–Crippen LogP) is 4.72. The number of nitro groups is 1. The number of halogens is 2. The molecule has 0 spiro atoms. The molecule has 1 aliphatic rings. The molecule has 34 heavy (non-hydrogen) atoms. The van der Waals surface area contributed by atoms with E-state index in [-0.39, 0.29) is 9.88 Å². The molecular formula is C22H14ClFN6O3S. The van der Waals surface area contributed by atoms with Crippen LogP contribution in [0.25, 0.3) is 5.69 Å². The van der Waals surface area contributed by atoms with Gasteiger partial charge in [-0.15, -0.1) is 0 Å². The van der Waals surface area contributed by atoms with E-state index in [2.05, 4.69) is 20.7 Å². The van der Waals surface area contributed by atoms with Crippen molar-refractivity contribution in [1.29, 1.82) is 0 Å². The van der Waals surface area contributed by atoms with Gasteiger partial charge in [0.15, 0.2) is 0 Å². The topological polar surface area (TPSA) is 114 Å². The molecule has 170 valence electrons. The third kappa shape index (κ3) is 3.91. The van der Waals surface area contributed by atoms with Gasteiger partial charge in [0.05, 0.1) is 27.2 Å². The highest BCUT2D eigenvalue weighted by Crippen LogP contribution is 2.34. The minimum absolute atomic E-state index is 0.105. The zero-order chi connectivity index (χ0) is 23.9. The number of amides is 1. The Morgan fingerprint density at radius 1 is 1.21 bits per heavy atom. The fourth-order valence-corrected chi connectivity index (χ4v) is 4.42. The summed E-state index contributed by atoms with van der Waals surface area (Å²) in [5.41, 5.74) is 1.60. The molecule has 0 radical (unpaired) electrons. The lowest BCUT2D eigenvalue weighted by molar-refractivity contribution is -0.380. The number of rotatable bonds is 5. The molecule has 0 saturated heterocycles. The van der Waals surface area contributed by atoms with Gasteiger partial charge in [0.2, 0.25) is 5.79 Å². The number of nitrogens with zero attached hydrogens (tertiary/aromatic N) is 4. The molecule has 0 aliphatic carbocycles. The van der Waals surface area contributed by atoms with E-state index in [1.165, 1.54) is 36.5 Å².